The van der Waals surface area contributed by atoms with Crippen LogP contribution in [0.15, 0.2) is 54.2 Å². The maximum Gasteiger partial charge on any atom is 0.295 e. The number of thiazole rings is 1. The molecular formula is C25H23N5O3S. The molecule has 3 aromatic heterocycles. The molecule has 1 aliphatic rings. The lowest BCUT2D eigenvalue weighted by Gasteiger charge is -2.39. The van der Waals surface area contributed by atoms with E-state index < -0.39 is 11.7 Å². The first-order chi connectivity index (χ1) is 16.4. The summed E-state index contributed by atoms with van der Waals surface area (Å²) in [5.74, 6) is -1.27. The predicted molar refractivity (Wildman–Crippen MR) is 130 cm³/mol. The number of aryl methyl sites for hydroxylation is 1. The number of hydrogen-bond acceptors (Lipinski definition) is 6. The number of aromatic nitrogens is 3. The Labute approximate surface area is 200 Å². The first kappa shape index (κ1) is 22.0. The third-order valence-corrected chi connectivity index (χ3v) is 7.04. The van der Waals surface area contributed by atoms with E-state index in [4.69, 9.17) is 0 Å². The number of rotatable bonds is 4. The van der Waals surface area contributed by atoms with Crippen LogP contribution >= 0.6 is 11.3 Å². The highest BCUT2D eigenvalue weighted by molar-refractivity contribution is 7.13. The van der Waals surface area contributed by atoms with Crippen molar-refractivity contribution >= 4 is 40.0 Å². The van der Waals surface area contributed by atoms with E-state index >= 15 is 0 Å². The van der Waals surface area contributed by atoms with Gasteiger partial charge in [0.15, 0.2) is 0 Å². The Bertz CT molecular complexity index is 1390. The second-order valence-electron chi connectivity index (χ2n) is 8.37. The minimum Gasteiger partial charge on any atom is -0.359 e. The van der Waals surface area contributed by atoms with E-state index in [0.717, 1.165) is 16.3 Å². The van der Waals surface area contributed by atoms with Gasteiger partial charge in [0, 0.05) is 60.3 Å². The smallest absolute Gasteiger partial charge is 0.295 e. The molecule has 0 saturated carbocycles. The molecule has 4 aromatic rings. The molecule has 1 aromatic carbocycles. The minimum absolute atomic E-state index is 0.0719. The van der Waals surface area contributed by atoms with Crippen molar-refractivity contribution in [1.82, 2.24) is 24.8 Å². The van der Waals surface area contributed by atoms with Gasteiger partial charge in [0.1, 0.15) is 5.01 Å². The summed E-state index contributed by atoms with van der Waals surface area (Å²) in [4.78, 5) is 54.4. The third kappa shape index (κ3) is 3.88. The zero-order valence-electron chi connectivity index (χ0n) is 18.8. The number of aromatic amines is 1. The van der Waals surface area contributed by atoms with E-state index in [0.29, 0.717) is 36.2 Å². The average molecular weight is 474 g/mol. The van der Waals surface area contributed by atoms with Gasteiger partial charge in [-0.2, -0.15) is 0 Å². The average Bonchev–Trinajstić information content (AvgIpc) is 3.49. The predicted octanol–water partition coefficient (Wildman–Crippen LogP) is 3.55. The summed E-state index contributed by atoms with van der Waals surface area (Å²) in [6.07, 6.45) is 3.17. The lowest BCUT2D eigenvalue weighted by Crippen LogP contribution is -2.56. The van der Waals surface area contributed by atoms with Crippen molar-refractivity contribution in [3.63, 3.8) is 0 Å². The monoisotopic (exact) mass is 473 g/mol. The summed E-state index contributed by atoms with van der Waals surface area (Å²) >= 11 is 1.51. The molecular weight excluding hydrogens is 450 g/mol. The number of carbonyl (C=O) groups excluding carboxylic acids is 3. The minimum atomic E-state index is -0.610. The highest BCUT2D eigenvalue weighted by atomic mass is 32.1. The quantitative estimate of drug-likeness (QED) is 0.361. The van der Waals surface area contributed by atoms with Crippen molar-refractivity contribution in [1.29, 1.82) is 0 Å². The summed E-state index contributed by atoms with van der Waals surface area (Å²) in [7, 11) is 0. The molecule has 1 aliphatic heterocycles. The number of benzene rings is 1. The Morgan fingerprint density at radius 3 is 2.62 bits per heavy atom. The standard InChI is InChI=1S/C25H23N5O3S/c1-15-14-34-23(28-15)18-8-9-26-21-19(12-27-20(18)21)22(31)25(33)29-10-11-30(16(2)13-29)24(32)17-6-4-3-5-7-17/h3-9,12,14,16,27H,10-11,13H2,1-2H3/t16-/m1/s1. The van der Waals surface area contributed by atoms with E-state index in [1.54, 1.807) is 29.4 Å². The number of nitrogens with one attached hydrogen (secondary N) is 1. The zero-order valence-corrected chi connectivity index (χ0v) is 19.6. The molecule has 0 unspecified atom stereocenters. The number of nitrogens with zero attached hydrogens (tertiary/aromatic N) is 4. The molecule has 0 spiro atoms. The first-order valence-electron chi connectivity index (χ1n) is 11.0. The number of pyridine rings is 1. The van der Waals surface area contributed by atoms with Gasteiger partial charge in [0.2, 0.25) is 0 Å². The number of fused-ring (bicyclic) bond motifs is 1. The van der Waals surface area contributed by atoms with Crippen LogP contribution in [-0.4, -0.2) is 68.0 Å². The number of carbonyl (C=O) groups is 3. The molecule has 0 bridgehead atoms. The van der Waals surface area contributed by atoms with Crippen LogP contribution in [0.4, 0.5) is 0 Å². The number of ketones is 1. The number of piperazine rings is 1. The van der Waals surface area contributed by atoms with Crippen LogP contribution in [0.25, 0.3) is 21.6 Å². The number of hydrogen-bond donors (Lipinski definition) is 1. The van der Waals surface area contributed by atoms with Gasteiger partial charge in [0.25, 0.3) is 17.6 Å². The Morgan fingerprint density at radius 2 is 1.91 bits per heavy atom. The van der Waals surface area contributed by atoms with Gasteiger partial charge in [-0.3, -0.25) is 19.4 Å². The molecule has 8 nitrogen and oxygen atoms in total. The van der Waals surface area contributed by atoms with E-state index in [2.05, 4.69) is 15.0 Å². The van der Waals surface area contributed by atoms with Crippen molar-refractivity contribution in [2.45, 2.75) is 19.9 Å². The van der Waals surface area contributed by atoms with E-state index in [1.165, 1.54) is 16.2 Å². The summed E-state index contributed by atoms with van der Waals surface area (Å²) in [6, 6.07) is 10.7. The largest absolute Gasteiger partial charge is 0.359 e. The lowest BCUT2D eigenvalue weighted by molar-refractivity contribution is -0.128. The number of amides is 2. The molecule has 2 amide bonds. The topological polar surface area (TPSA) is 99.3 Å². The third-order valence-electron chi connectivity index (χ3n) is 6.05. The molecule has 5 rings (SSSR count). The van der Waals surface area contributed by atoms with Crippen LogP contribution in [0.5, 0.6) is 0 Å². The fourth-order valence-corrected chi connectivity index (χ4v) is 5.13. The van der Waals surface area contributed by atoms with Gasteiger partial charge < -0.3 is 14.8 Å². The van der Waals surface area contributed by atoms with Crippen LogP contribution in [0.1, 0.15) is 33.3 Å². The van der Waals surface area contributed by atoms with Crippen molar-refractivity contribution in [3.05, 3.63) is 71.0 Å². The zero-order chi connectivity index (χ0) is 23.8. The van der Waals surface area contributed by atoms with Gasteiger partial charge in [-0.25, -0.2) is 4.98 Å². The Hall–Kier alpha value is -3.85. The van der Waals surface area contributed by atoms with Crippen LogP contribution in [0.2, 0.25) is 0 Å². The van der Waals surface area contributed by atoms with Gasteiger partial charge in [-0.05, 0) is 32.0 Å². The molecule has 172 valence electrons. The van der Waals surface area contributed by atoms with Crippen LogP contribution < -0.4 is 0 Å². The van der Waals surface area contributed by atoms with Gasteiger partial charge in [-0.1, -0.05) is 18.2 Å². The normalized spacial score (nSPS) is 16.1. The van der Waals surface area contributed by atoms with Crippen molar-refractivity contribution in [2.24, 2.45) is 0 Å². The molecule has 0 radical (unpaired) electrons. The molecule has 1 fully saturated rings. The highest BCUT2D eigenvalue weighted by Gasteiger charge is 2.34. The molecule has 1 saturated heterocycles. The maximum atomic E-state index is 13.2. The fourth-order valence-electron chi connectivity index (χ4n) is 4.30. The van der Waals surface area contributed by atoms with Crippen LogP contribution in [0, 0.1) is 6.92 Å². The fraction of sp³-hybridized carbons (Fsp3) is 0.240. The summed E-state index contributed by atoms with van der Waals surface area (Å²) in [6.45, 7) is 4.78. The summed E-state index contributed by atoms with van der Waals surface area (Å²) in [5.41, 5.74) is 3.75. The van der Waals surface area contributed by atoms with Crippen molar-refractivity contribution in [3.8, 4) is 10.6 Å². The lowest BCUT2D eigenvalue weighted by atomic mass is 10.1. The van der Waals surface area contributed by atoms with Crippen LogP contribution in [0.3, 0.4) is 0 Å². The highest BCUT2D eigenvalue weighted by Crippen LogP contribution is 2.31. The van der Waals surface area contributed by atoms with E-state index in [-0.39, 0.29) is 17.5 Å². The van der Waals surface area contributed by atoms with Crippen LogP contribution in [-0.2, 0) is 4.79 Å². The molecule has 1 atom stereocenters. The molecule has 1 N–H and O–H groups in total. The van der Waals surface area contributed by atoms with Gasteiger partial charge in [0.05, 0.1) is 16.6 Å². The second-order valence-corrected chi connectivity index (χ2v) is 9.23. The Kier molecular flexibility index (Phi) is 5.70. The maximum absolute atomic E-state index is 13.2. The molecule has 9 heteroatoms. The van der Waals surface area contributed by atoms with Crippen molar-refractivity contribution < 1.29 is 14.4 Å². The number of Topliss-reactive ketones (excluding diaryl/α,β-unsaturated/α-hetero) is 1. The van der Waals surface area contributed by atoms with E-state index in [1.807, 2.05) is 43.5 Å². The summed E-state index contributed by atoms with van der Waals surface area (Å²) < 4.78 is 0. The van der Waals surface area contributed by atoms with E-state index in [9.17, 15) is 14.4 Å². The Morgan fingerprint density at radius 1 is 1.12 bits per heavy atom. The van der Waals surface area contributed by atoms with Gasteiger partial charge in [-0.15, -0.1) is 11.3 Å². The first-order valence-corrected chi connectivity index (χ1v) is 11.9. The molecule has 0 aliphatic carbocycles. The molecule has 4 heterocycles. The number of H-pyrrole nitrogens is 1. The SMILES string of the molecule is Cc1csc(-c2ccnc3c(C(=O)C(=O)N4CCN(C(=O)c5ccccc5)[C@H](C)C4)c[nH]c23)n1. The molecule has 34 heavy (non-hydrogen) atoms. The second kappa shape index (κ2) is 8.83. The van der Waals surface area contributed by atoms with Gasteiger partial charge >= 0.3 is 0 Å². The summed E-state index contributed by atoms with van der Waals surface area (Å²) in [5, 5.41) is 2.79. The van der Waals surface area contributed by atoms with Crippen molar-refractivity contribution in [2.75, 3.05) is 19.6 Å². The Balaban J connectivity index is 1.34.